The quantitative estimate of drug-likeness (QED) is 0.834. The summed E-state index contributed by atoms with van der Waals surface area (Å²) < 4.78 is 67.7. The number of carbonyl (C=O) groups is 1. The van der Waals surface area contributed by atoms with Gasteiger partial charge in [-0.1, -0.05) is 6.07 Å². The molecular formula is C17H16F5N3O. The topological polar surface area (TPSA) is 46.9 Å². The van der Waals surface area contributed by atoms with Crippen molar-refractivity contribution in [2.24, 2.45) is 0 Å². The molecule has 0 fully saturated rings. The number of rotatable bonds is 4. The Morgan fingerprint density at radius 1 is 1.15 bits per heavy atom. The van der Waals surface area contributed by atoms with Crippen LogP contribution in [0.15, 0.2) is 18.2 Å². The van der Waals surface area contributed by atoms with E-state index in [0.29, 0.717) is 25.0 Å². The fourth-order valence-corrected chi connectivity index (χ4v) is 3.16. The average Bonchev–Trinajstić information content (AvgIpc) is 2.94. The Hall–Kier alpha value is -2.45. The van der Waals surface area contributed by atoms with E-state index < -0.39 is 35.0 Å². The molecule has 1 N–H and O–H groups in total. The van der Waals surface area contributed by atoms with Crippen LogP contribution in [0.3, 0.4) is 0 Å². The summed E-state index contributed by atoms with van der Waals surface area (Å²) in [6.07, 6.45) is -2.30. The SMILES string of the molecule is O=C(NCCn1nc(C(F)(F)F)c2c1CCCC2)c1c(F)cccc1F. The minimum absolute atomic E-state index is 0.0137. The normalized spacial score (nSPS) is 14.2. The first-order chi connectivity index (χ1) is 12.3. The Morgan fingerprint density at radius 3 is 2.46 bits per heavy atom. The summed E-state index contributed by atoms with van der Waals surface area (Å²) in [7, 11) is 0. The Balaban J connectivity index is 1.73. The number of fused-ring (bicyclic) bond motifs is 1. The van der Waals surface area contributed by atoms with Gasteiger partial charge < -0.3 is 5.32 Å². The van der Waals surface area contributed by atoms with Crippen LogP contribution in [0.1, 0.15) is 40.2 Å². The van der Waals surface area contributed by atoms with Gasteiger partial charge in [0.25, 0.3) is 5.91 Å². The number of nitrogens with zero attached hydrogens (tertiary/aromatic N) is 2. The third kappa shape index (κ3) is 3.56. The Kier molecular flexibility index (Phi) is 4.97. The second kappa shape index (κ2) is 7.05. The van der Waals surface area contributed by atoms with Crippen LogP contribution in [0.5, 0.6) is 0 Å². The van der Waals surface area contributed by atoms with Gasteiger partial charge in [0, 0.05) is 17.8 Å². The first kappa shape index (κ1) is 18.3. The Bertz CT molecular complexity index is 808. The first-order valence-electron chi connectivity index (χ1n) is 8.17. The summed E-state index contributed by atoms with van der Waals surface area (Å²) in [5, 5.41) is 5.98. The molecule has 26 heavy (non-hydrogen) atoms. The average molecular weight is 373 g/mol. The number of halogens is 5. The highest BCUT2D eigenvalue weighted by Crippen LogP contribution is 2.35. The van der Waals surface area contributed by atoms with E-state index in [1.165, 1.54) is 4.68 Å². The van der Waals surface area contributed by atoms with Gasteiger partial charge in [-0.25, -0.2) is 8.78 Å². The number of nitrogens with one attached hydrogen (secondary N) is 1. The lowest BCUT2D eigenvalue weighted by Crippen LogP contribution is -2.29. The van der Waals surface area contributed by atoms with Crippen molar-refractivity contribution in [2.75, 3.05) is 6.54 Å². The molecule has 4 nitrogen and oxygen atoms in total. The number of carbonyl (C=O) groups excluding carboxylic acids is 1. The monoisotopic (exact) mass is 373 g/mol. The highest BCUT2D eigenvalue weighted by molar-refractivity contribution is 5.94. The maximum atomic E-state index is 13.6. The third-order valence-electron chi connectivity index (χ3n) is 4.32. The number of benzene rings is 1. The van der Waals surface area contributed by atoms with Gasteiger partial charge in [-0.15, -0.1) is 0 Å². The van der Waals surface area contributed by atoms with Crippen molar-refractivity contribution >= 4 is 5.91 Å². The van der Waals surface area contributed by atoms with Gasteiger partial charge >= 0.3 is 6.18 Å². The van der Waals surface area contributed by atoms with Crippen LogP contribution in [0.4, 0.5) is 22.0 Å². The van der Waals surface area contributed by atoms with Crippen molar-refractivity contribution in [2.45, 2.75) is 38.4 Å². The highest BCUT2D eigenvalue weighted by Gasteiger charge is 2.39. The minimum Gasteiger partial charge on any atom is -0.350 e. The van der Waals surface area contributed by atoms with Crippen LogP contribution >= 0.6 is 0 Å². The Morgan fingerprint density at radius 2 is 1.81 bits per heavy atom. The van der Waals surface area contributed by atoms with Crippen LogP contribution in [-0.4, -0.2) is 22.2 Å². The zero-order chi connectivity index (χ0) is 18.9. The summed E-state index contributed by atoms with van der Waals surface area (Å²) in [6, 6.07) is 3.05. The van der Waals surface area contributed by atoms with Crippen molar-refractivity contribution in [3.05, 3.63) is 52.3 Å². The summed E-state index contributed by atoms with van der Waals surface area (Å²) >= 11 is 0. The molecule has 1 amide bonds. The van der Waals surface area contributed by atoms with Gasteiger partial charge in [-0.05, 0) is 37.8 Å². The Labute approximate surface area is 146 Å². The predicted molar refractivity (Wildman–Crippen MR) is 82.6 cm³/mol. The number of aromatic nitrogens is 2. The molecule has 1 heterocycles. The standard InChI is InChI=1S/C17H16F5N3O/c18-11-5-3-6-12(19)14(11)16(26)23-8-9-25-13-7-2-1-4-10(13)15(24-25)17(20,21)22/h3,5-6H,1-2,4,7-9H2,(H,23,26). The molecule has 1 aliphatic carbocycles. The molecule has 0 saturated heterocycles. The molecule has 9 heteroatoms. The van der Waals surface area contributed by atoms with Crippen LogP contribution in [-0.2, 0) is 25.6 Å². The van der Waals surface area contributed by atoms with Crippen molar-refractivity contribution in [3.8, 4) is 0 Å². The van der Waals surface area contributed by atoms with Crippen LogP contribution in [0, 0.1) is 11.6 Å². The molecule has 0 bridgehead atoms. The fourth-order valence-electron chi connectivity index (χ4n) is 3.16. The lowest BCUT2D eigenvalue weighted by atomic mass is 9.95. The molecule has 1 aromatic heterocycles. The van der Waals surface area contributed by atoms with Gasteiger partial charge in [0.05, 0.1) is 6.54 Å². The maximum absolute atomic E-state index is 13.6. The van der Waals surface area contributed by atoms with E-state index in [0.717, 1.165) is 24.6 Å². The van der Waals surface area contributed by atoms with E-state index in [4.69, 9.17) is 0 Å². The second-order valence-electron chi connectivity index (χ2n) is 6.05. The zero-order valence-corrected chi connectivity index (χ0v) is 13.7. The van der Waals surface area contributed by atoms with E-state index in [1.807, 2.05) is 0 Å². The van der Waals surface area contributed by atoms with Crippen molar-refractivity contribution in [1.29, 1.82) is 0 Å². The highest BCUT2D eigenvalue weighted by atomic mass is 19.4. The molecule has 2 aromatic rings. The van der Waals surface area contributed by atoms with Crippen molar-refractivity contribution in [3.63, 3.8) is 0 Å². The van der Waals surface area contributed by atoms with Crippen molar-refractivity contribution < 1.29 is 26.7 Å². The fraction of sp³-hybridized carbons (Fsp3) is 0.412. The van der Waals surface area contributed by atoms with Gasteiger partial charge in [0.2, 0.25) is 0 Å². The molecule has 0 spiro atoms. The molecular weight excluding hydrogens is 357 g/mol. The van der Waals surface area contributed by atoms with E-state index in [-0.39, 0.29) is 18.7 Å². The van der Waals surface area contributed by atoms with E-state index in [2.05, 4.69) is 10.4 Å². The molecule has 0 aliphatic heterocycles. The largest absolute Gasteiger partial charge is 0.435 e. The minimum atomic E-state index is -4.54. The third-order valence-corrected chi connectivity index (χ3v) is 4.32. The van der Waals surface area contributed by atoms with Crippen LogP contribution in [0.2, 0.25) is 0 Å². The van der Waals surface area contributed by atoms with Crippen molar-refractivity contribution in [1.82, 2.24) is 15.1 Å². The van der Waals surface area contributed by atoms with Gasteiger partial charge in [0.15, 0.2) is 5.69 Å². The number of hydrogen-bond acceptors (Lipinski definition) is 2. The number of alkyl halides is 3. The van der Waals surface area contributed by atoms with E-state index in [1.54, 1.807) is 0 Å². The second-order valence-corrected chi connectivity index (χ2v) is 6.05. The molecule has 1 aromatic carbocycles. The van der Waals surface area contributed by atoms with Gasteiger partial charge in [0.1, 0.15) is 17.2 Å². The summed E-state index contributed by atoms with van der Waals surface area (Å²) in [5.74, 6) is -2.96. The zero-order valence-electron chi connectivity index (χ0n) is 13.7. The van der Waals surface area contributed by atoms with Gasteiger partial charge in [-0.2, -0.15) is 18.3 Å². The lowest BCUT2D eigenvalue weighted by molar-refractivity contribution is -0.142. The molecule has 3 rings (SSSR count). The van der Waals surface area contributed by atoms with Crippen LogP contribution in [0.25, 0.3) is 0 Å². The van der Waals surface area contributed by atoms with Crippen LogP contribution < -0.4 is 5.32 Å². The smallest absolute Gasteiger partial charge is 0.350 e. The number of amides is 1. The summed E-state index contributed by atoms with van der Waals surface area (Å²) in [4.78, 5) is 11.9. The number of hydrogen-bond donors (Lipinski definition) is 1. The van der Waals surface area contributed by atoms with Gasteiger partial charge in [-0.3, -0.25) is 9.48 Å². The summed E-state index contributed by atoms with van der Waals surface area (Å²) in [5.41, 5.74) is -0.894. The first-order valence-corrected chi connectivity index (χ1v) is 8.17. The molecule has 0 radical (unpaired) electrons. The molecule has 0 atom stereocenters. The molecule has 0 unspecified atom stereocenters. The van der Waals surface area contributed by atoms with E-state index >= 15 is 0 Å². The van der Waals surface area contributed by atoms with E-state index in [9.17, 15) is 26.7 Å². The summed E-state index contributed by atoms with van der Waals surface area (Å²) in [6.45, 7) is -0.113. The maximum Gasteiger partial charge on any atom is 0.435 e. The molecule has 0 saturated carbocycles. The predicted octanol–water partition coefficient (Wildman–Crippen LogP) is 3.49. The lowest BCUT2D eigenvalue weighted by Gasteiger charge is -2.15. The molecule has 140 valence electrons. The molecule has 1 aliphatic rings.